The molecule has 2 aromatic heterocycles. The van der Waals surface area contributed by atoms with Crippen LogP contribution in [0.15, 0.2) is 134 Å². The van der Waals surface area contributed by atoms with E-state index in [1.54, 1.807) is 5.56 Å². The summed E-state index contributed by atoms with van der Waals surface area (Å²) in [5.74, 6) is 3.73. The number of phenols is 1. The number of aromatic nitrogens is 3. The molecule has 0 spiro atoms. The maximum Gasteiger partial charge on any atom is 0.148 e. The van der Waals surface area contributed by atoms with Crippen molar-refractivity contribution in [3.8, 4) is 67.5 Å². The average molecular weight is 1140 g/mol. The predicted octanol–water partition coefficient (Wildman–Crippen LogP) is 17.9. The molecule has 0 amide bonds. The molecule has 2 heterocycles. The maximum absolute atomic E-state index is 12.6. The summed E-state index contributed by atoms with van der Waals surface area (Å²) >= 11 is 0. The summed E-state index contributed by atoms with van der Waals surface area (Å²) in [7, 11) is 0. The summed E-state index contributed by atoms with van der Waals surface area (Å²) in [4.78, 5) is 10.8. The van der Waals surface area contributed by atoms with Gasteiger partial charge in [-0.25, -0.2) is 4.98 Å². The molecule has 4 aliphatic carbocycles. The van der Waals surface area contributed by atoms with E-state index in [9.17, 15) is 5.11 Å². The van der Waals surface area contributed by atoms with Gasteiger partial charge in [0.25, 0.3) is 0 Å². The fourth-order valence-electron chi connectivity index (χ4n) is 13.1. The molecule has 0 aliphatic heterocycles. The summed E-state index contributed by atoms with van der Waals surface area (Å²) in [6.45, 7) is 26.9. The number of fused-ring (bicyclic) bond motifs is 1. The quantitative estimate of drug-likeness (QED) is 0.162. The van der Waals surface area contributed by atoms with Crippen molar-refractivity contribution in [3.05, 3.63) is 167 Å². The van der Waals surface area contributed by atoms with E-state index in [2.05, 4.69) is 221 Å². The number of pyridine rings is 1. The van der Waals surface area contributed by atoms with Gasteiger partial charge in [-0.2, -0.15) is 0 Å². The van der Waals surface area contributed by atoms with Crippen molar-refractivity contribution in [2.24, 2.45) is 17.8 Å². The van der Waals surface area contributed by atoms with E-state index in [4.69, 9.17) is 9.97 Å². The minimum atomic E-state index is -0.326. The number of phenolic OH excluding ortho intramolecular Hbond substituents is 1. The van der Waals surface area contributed by atoms with Crippen molar-refractivity contribution >= 4 is 11.0 Å². The van der Waals surface area contributed by atoms with E-state index in [-0.39, 0.29) is 48.5 Å². The molecular formula is C68H74N3OPt-. The second-order valence-corrected chi connectivity index (χ2v) is 26.4. The Bertz CT molecular complexity index is 3330. The zero-order chi connectivity index (χ0) is 50.7. The predicted molar refractivity (Wildman–Crippen MR) is 301 cm³/mol. The topological polar surface area (TPSA) is 50.9 Å². The van der Waals surface area contributed by atoms with Crippen LogP contribution in [0.25, 0.3) is 72.7 Å². The first-order chi connectivity index (χ1) is 34.0. The first kappa shape index (κ1) is 50.9. The molecule has 73 heavy (non-hydrogen) atoms. The Kier molecular flexibility index (Phi) is 12.8. The second kappa shape index (κ2) is 18.4. The van der Waals surface area contributed by atoms with Crippen LogP contribution in [0.2, 0.25) is 0 Å². The van der Waals surface area contributed by atoms with E-state index < -0.39 is 0 Å². The number of rotatable bonds is 7. The molecule has 0 atom stereocenters. The van der Waals surface area contributed by atoms with Crippen LogP contribution in [-0.2, 0) is 48.1 Å². The summed E-state index contributed by atoms with van der Waals surface area (Å²) in [6.07, 6.45) is 10.5. The zero-order valence-corrected chi connectivity index (χ0v) is 47.6. The van der Waals surface area contributed by atoms with Crippen LogP contribution in [0.3, 0.4) is 0 Å². The largest absolute Gasteiger partial charge is 0.507 e. The van der Waals surface area contributed by atoms with Crippen molar-refractivity contribution in [2.45, 2.75) is 149 Å². The van der Waals surface area contributed by atoms with Crippen molar-refractivity contribution < 1.29 is 26.2 Å². The maximum atomic E-state index is 12.6. The Morgan fingerprint density at radius 3 is 1.75 bits per heavy atom. The van der Waals surface area contributed by atoms with Crippen LogP contribution in [0.5, 0.6) is 5.75 Å². The Labute approximate surface area is 450 Å². The summed E-state index contributed by atoms with van der Waals surface area (Å²) < 4.78 is 2.30. The number of hydrogen-bond acceptors (Lipinski definition) is 3. The van der Waals surface area contributed by atoms with Gasteiger partial charge in [0.15, 0.2) is 0 Å². The molecule has 1 N–H and O–H groups in total. The zero-order valence-electron chi connectivity index (χ0n) is 45.3. The number of benzene rings is 6. The fraction of sp³-hybridized carbons (Fsp3) is 0.382. The Balaban J connectivity index is 0.00000611. The molecule has 4 aliphatic rings. The molecule has 8 aromatic rings. The van der Waals surface area contributed by atoms with Gasteiger partial charge in [-0.05, 0) is 147 Å². The Hall–Kier alpha value is -5.57. The fourth-order valence-corrected chi connectivity index (χ4v) is 13.1. The number of aromatic hydroxyl groups is 1. The van der Waals surface area contributed by atoms with E-state index in [1.165, 1.54) is 55.2 Å². The monoisotopic (exact) mass is 1140 g/mol. The first-order valence-corrected chi connectivity index (χ1v) is 26.8. The SMILES string of the molecule is CC(C)(C)c1cc(-c2cc(-c3ccc(C45CC6CC(CC(C6)C4)C5)cc3)ccn2)[c-]c(-c2cccc3c2nc(-c2cc(C(C)(C)C)cc(C(C)(C)C)c2O)n3-c2ccc(C(C)(C)C)cc2-c2ccccc2)c1.[Pt]. The van der Waals surface area contributed by atoms with E-state index >= 15 is 0 Å². The van der Waals surface area contributed by atoms with Crippen molar-refractivity contribution in [1.82, 2.24) is 14.5 Å². The first-order valence-electron chi connectivity index (χ1n) is 26.8. The van der Waals surface area contributed by atoms with Gasteiger partial charge in [0.2, 0.25) is 0 Å². The van der Waals surface area contributed by atoms with Crippen LogP contribution in [0.4, 0.5) is 0 Å². The van der Waals surface area contributed by atoms with E-state index in [1.807, 2.05) is 6.20 Å². The number of nitrogens with zero attached hydrogens (tertiary/aromatic N) is 3. The molecular weight excluding hydrogens is 1070 g/mol. The van der Waals surface area contributed by atoms with Crippen LogP contribution < -0.4 is 0 Å². The second-order valence-electron chi connectivity index (χ2n) is 26.4. The van der Waals surface area contributed by atoms with Crippen LogP contribution >= 0.6 is 0 Å². The van der Waals surface area contributed by atoms with Crippen molar-refractivity contribution in [3.63, 3.8) is 0 Å². The molecule has 4 nitrogen and oxygen atoms in total. The van der Waals surface area contributed by atoms with Gasteiger partial charge in [-0.1, -0.05) is 179 Å². The van der Waals surface area contributed by atoms with Gasteiger partial charge < -0.3 is 5.11 Å². The Morgan fingerprint density at radius 2 is 1.14 bits per heavy atom. The number of para-hydroxylation sites is 1. The smallest absolute Gasteiger partial charge is 0.148 e. The third kappa shape index (κ3) is 9.49. The number of hydrogen-bond donors (Lipinski definition) is 1. The molecule has 12 rings (SSSR count). The summed E-state index contributed by atoms with van der Waals surface area (Å²) in [5.41, 5.74) is 17.6. The third-order valence-electron chi connectivity index (χ3n) is 16.8. The third-order valence-corrected chi connectivity index (χ3v) is 16.8. The minimum absolute atomic E-state index is 0. The average Bonchev–Trinajstić information content (AvgIpc) is 3.72. The normalized spacial score (nSPS) is 19.9. The standard InChI is InChI=1S/C68H74N3O.Pt/c1-64(2,3)51-25-26-59(55(36-51)46-17-14-13-15-18-46)71-60-20-16-19-54(61(60)70-63(71)56-37-53(66(7,8)9)38-57(62(56)72)67(10,11)12)48-32-49(34-52(33-48)65(4,5)6)58-35-47(27-28-69-58)45-21-23-50(24-22-45)68-39-42-29-43(40-68)31-44(30-42)41-68;/h13-28,33-38,42-44,72H,29-31,39-41H2,1-12H3;/q-1;. The summed E-state index contributed by atoms with van der Waals surface area (Å²) in [6, 6.07) is 51.0. The molecule has 4 bridgehead atoms. The molecule has 4 fully saturated rings. The van der Waals surface area contributed by atoms with E-state index in [0.717, 1.165) is 84.7 Å². The van der Waals surface area contributed by atoms with Gasteiger partial charge in [0.05, 0.1) is 22.3 Å². The molecule has 5 heteroatoms. The van der Waals surface area contributed by atoms with Gasteiger partial charge in [0, 0.05) is 44.1 Å². The van der Waals surface area contributed by atoms with Crippen molar-refractivity contribution in [2.75, 3.05) is 0 Å². The van der Waals surface area contributed by atoms with E-state index in [0.29, 0.717) is 16.8 Å². The van der Waals surface area contributed by atoms with Crippen molar-refractivity contribution in [1.29, 1.82) is 0 Å². The molecule has 0 saturated heterocycles. The molecule has 4 saturated carbocycles. The van der Waals surface area contributed by atoms with Crippen LogP contribution in [-0.4, -0.2) is 19.6 Å². The Morgan fingerprint density at radius 1 is 0.534 bits per heavy atom. The van der Waals surface area contributed by atoms with Crippen LogP contribution in [0.1, 0.15) is 149 Å². The molecule has 0 radical (unpaired) electrons. The van der Waals surface area contributed by atoms with Gasteiger partial charge in [-0.15, -0.1) is 29.3 Å². The molecule has 0 unspecified atom stereocenters. The molecule has 6 aromatic carbocycles. The minimum Gasteiger partial charge on any atom is -0.507 e. The summed E-state index contributed by atoms with van der Waals surface area (Å²) in [5, 5.41) is 12.6. The molecule has 378 valence electrons. The van der Waals surface area contributed by atoms with Gasteiger partial charge >= 0.3 is 0 Å². The van der Waals surface area contributed by atoms with Gasteiger partial charge in [0.1, 0.15) is 11.6 Å². The van der Waals surface area contributed by atoms with Crippen LogP contribution in [0, 0.1) is 23.8 Å². The number of imidazole rings is 1. The van der Waals surface area contributed by atoms with Gasteiger partial charge in [-0.3, -0.25) is 9.55 Å².